The normalized spacial score (nSPS) is 12.1. The maximum Gasteiger partial charge on any atom is 0.408 e. The number of alkyl carbamates (subject to hydrolysis) is 1. The Morgan fingerprint density at radius 3 is 2.37 bits per heavy atom. The number of halogens is 1. The molecule has 0 heterocycles. The highest BCUT2D eigenvalue weighted by molar-refractivity contribution is 7.96. The number of carbonyl (C=O) groups excluding carboxylic acids is 3. The number of hydrogen-bond donors (Lipinski definition) is 2. The smallest absolute Gasteiger partial charge is 0.408 e. The molecular formula is C16H19FN2O7S. The van der Waals surface area contributed by atoms with Gasteiger partial charge >= 0.3 is 17.7 Å². The summed E-state index contributed by atoms with van der Waals surface area (Å²) in [4.78, 5) is 45.3. The second kappa shape index (κ2) is 8.80. The molecule has 0 aliphatic heterocycles. The number of nitrogens with one attached hydrogen (secondary N) is 1. The second-order valence-electron chi connectivity index (χ2n) is 6.42. The number of thiol groups is 1. The summed E-state index contributed by atoms with van der Waals surface area (Å²) in [5.74, 6) is -2.48. The van der Waals surface area contributed by atoms with Crippen LogP contribution in [0.15, 0.2) is 12.1 Å². The van der Waals surface area contributed by atoms with Crippen molar-refractivity contribution in [1.82, 2.24) is 5.32 Å². The first-order valence-corrected chi connectivity index (χ1v) is 8.08. The van der Waals surface area contributed by atoms with Gasteiger partial charge in [0.25, 0.3) is 0 Å². The number of ether oxygens (including phenoxy) is 2. The third-order valence-electron chi connectivity index (χ3n) is 3.20. The zero-order valence-electron chi connectivity index (χ0n) is 15.1. The van der Waals surface area contributed by atoms with Gasteiger partial charge in [-0.05, 0) is 26.8 Å². The van der Waals surface area contributed by atoms with Crippen LogP contribution in [0.25, 0.3) is 0 Å². The van der Waals surface area contributed by atoms with Crippen LogP contribution < -0.4 is 5.32 Å². The minimum absolute atomic E-state index is 0.214. The summed E-state index contributed by atoms with van der Waals surface area (Å²) in [5.41, 5.74) is -2.67. The molecule has 9 nitrogen and oxygen atoms in total. The molecular weight excluding hydrogens is 383 g/mol. The summed E-state index contributed by atoms with van der Waals surface area (Å²) in [7, 11) is 1.00. The lowest BCUT2D eigenvalue weighted by Crippen LogP contribution is -2.43. The molecule has 0 aliphatic carbocycles. The minimum atomic E-state index is -1.40. The van der Waals surface area contributed by atoms with Crippen LogP contribution in [-0.2, 0) is 20.7 Å². The van der Waals surface area contributed by atoms with E-state index in [1.54, 1.807) is 20.8 Å². The fourth-order valence-corrected chi connectivity index (χ4v) is 2.26. The molecule has 0 aliphatic rings. The van der Waals surface area contributed by atoms with E-state index >= 15 is 0 Å². The average Bonchev–Trinajstić information content (AvgIpc) is 2.51. The molecule has 0 saturated heterocycles. The topological polar surface area (TPSA) is 125 Å². The molecule has 1 N–H and O–H groups in total. The van der Waals surface area contributed by atoms with Gasteiger partial charge < -0.3 is 14.8 Å². The van der Waals surface area contributed by atoms with Crippen molar-refractivity contribution < 1.29 is 33.2 Å². The first kappa shape index (κ1) is 22.4. The fourth-order valence-electron chi connectivity index (χ4n) is 2.10. The van der Waals surface area contributed by atoms with E-state index in [0.29, 0.717) is 0 Å². The fraction of sp³-hybridized carbons (Fsp3) is 0.438. The molecule has 0 bridgehead atoms. The molecule has 0 radical (unpaired) electrons. The Morgan fingerprint density at radius 2 is 1.93 bits per heavy atom. The van der Waals surface area contributed by atoms with Crippen molar-refractivity contribution in [1.29, 1.82) is 0 Å². The Morgan fingerprint density at radius 1 is 1.33 bits per heavy atom. The quantitative estimate of drug-likeness (QED) is 0.324. The Hall–Kier alpha value is -2.69. The van der Waals surface area contributed by atoms with Crippen molar-refractivity contribution in [2.45, 2.75) is 38.8 Å². The highest BCUT2D eigenvalue weighted by atomic mass is 32.1. The molecule has 0 saturated carbocycles. The molecule has 1 aromatic rings. The number of methoxy groups -OCH3 is 1. The molecule has 0 spiro atoms. The zero-order valence-corrected chi connectivity index (χ0v) is 16.0. The van der Waals surface area contributed by atoms with Crippen molar-refractivity contribution >= 4 is 35.5 Å². The maximum atomic E-state index is 14.4. The molecule has 1 aromatic carbocycles. The van der Waals surface area contributed by atoms with Crippen molar-refractivity contribution in [3.8, 4) is 0 Å². The van der Waals surface area contributed by atoms with Gasteiger partial charge in [0.15, 0.2) is 0 Å². The van der Waals surface area contributed by atoms with Gasteiger partial charge in [0, 0.05) is 12.0 Å². The first-order valence-electron chi connectivity index (χ1n) is 7.63. The van der Waals surface area contributed by atoms with Gasteiger partial charge in [-0.1, -0.05) is 6.07 Å². The number of nitro benzene ring substituents is 1. The van der Waals surface area contributed by atoms with Gasteiger partial charge in [-0.15, -0.1) is 12.6 Å². The molecule has 0 fully saturated rings. The van der Waals surface area contributed by atoms with Crippen molar-refractivity contribution in [3.63, 3.8) is 0 Å². The van der Waals surface area contributed by atoms with Crippen molar-refractivity contribution in [2.24, 2.45) is 0 Å². The number of esters is 1. The predicted octanol–water partition coefficient (Wildman–Crippen LogP) is 2.41. The van der Waals surface area contributed by atoms with Crippen LogP contribution in [0.4, 0.5) is 14.9 Å². The van der Waals surface area contributed by atoms with Gasteiger partial charge in [-0.3, -0.25) is 14.9 Å². The number of nitro groups is 1. The van der Waals surface area contributed by atoms with E-state index in [4.69, 9.17) is 4.74 Å². The van der Waals surface area contributed by atoms with E-state index < -0.39 is 57.2 Å². The van der Waals surface area contributed by atoms with Gasteiger partial charge in [-0.25, -0.2) is 9.59 Å². The number of hydrogen-bond acceptors (Lipinski definition) is 7. The largest absolute Gasteiger partial charge is 0.465 e. The highest BCUT2D eigenvalue weighted by Gasteiger charge is 2.30. The standard InChI is InChI=1S/C16H19FN2O7S/c1-16(2,3)26-15(22)18-10(14(21)27)7-8-5-6-9(13(20)25-4)11(17)12(8)19(23)24/h5-6,10H,7H2,1-4H3,(H,18,22)(H,21,27). The van der Waals surface area contributed by atoms with Crippen molar-refractivity contribution in [3.05, 3.63) is 39.2 Å². The molecule has 11 heteroatoms. The first-order chi connectivity index (χ1) is 12.4. The van der Waals surface area contributed by atoms with E-state index in [1.807, 2.05) is 0 Å². The molecule has 0 aromatic heterocycles. The molecule has 148 valence electrons. The monoisotopic (exact) mass is 402 g/mol. The van der Waals surface area contributed by atoms with Gasteiger partial charge in [0.05, 0.1) is 12.0 Å². The van der Waals surface area contributed by atoms with E-state index in [1.165, 1.54) is 0 Å². The van der Waals surface area contributed by atoms with Crippen LogP contribution in [0.5, 0.6) is 0 Å². The Labute approximate surface area is 159 Å². The predicted molar refractivity (Wildman–Crippen MR) is 95.2 cm³/mol. The Kier molecular flexibility index (Phi) is 7.28. The summed E-state index contributed by atoms with van der Waals surface area (Å²) < 4.78 is 23.8. The highest BCUT2D eigenvalue weighted by Crippen LogP contribution is 2.27. The Bertz CT molecular complexity index is 777. The van der Waals surface area contributed by atoms with Crippen LogP contribution in [0.3, 0.4) is 0 Å². The number of carbonyl (C=O) groups is 3. The molecule has 27 heavy (non-hydrogen) atoms. The zero-order chi connectivity index (χ0) is 20.9. The SMILES string of the molecule is COC(=O)c1ccc(CC(NC(=O)OC(C)(C)C)C(=O)S)c([N+](=O)[O-])c1F. The number of rotatable bonds is 6. The summed E-state index contributed by atoms with van der Waals surface area (Å²) in [6, 6.07) is 0.788. The van der Waals surface area contributed by atoms with Gasteiger partial charge in [-0.2, -0.15) is 4.39 Å². The van der Waals surface area contributed by atoms with Gasteiger partial charge in [0.2, 0.25) is 10.9 Å². The van der Waals surface area contributed by atoms with Crippen molar-refractivity contribution in [2.75, 3.05) is 7.11 Å². The Balaban J connectivity index is 3.21. The van der Waals surface area contributed by atoms with Crippen LogP contribution >= 0.6 is 12.6 Å². The van der Waals surface area contributed by atoms with Crippen LogP contribution in [0.2, 0.25) is 0 Å². The van der Waals surface area contributed by atoms with Crippen LogP contribution in [0, 0.1) is 15.9 Å². The minimum Gasteiger partial charge on any atom is -0.465 e. The third kappa shape index (κ3) is 6.20. The summed E-state index contributed by atoms with van der Waals surface area (Å²) in [6.07, 6.45) is -1.37. The van der Waals surface area contributed by atoms with E-state index in [2.05, 4.69) is 22.7 Å². The van der Waals surface area contributed by atoms with E-state index in [0.717, 1.165) is 19.2 Å². The second-order valence-corrected chi connectivity index (χ2v) is 6.87. The molecule has 1 atom stereocenters. The summed E-state index contributed by atoms with van der Waals surface area (Å²) >= 11 is 3.64. The van der Waals surface area contributed by atoms with E-state index in [-0.39, 0.29) is 5.56 Å². The average molecular weight is 402 g/mol. The number of amides is 1. The van der Waals surface area contributed by atoms with E-state index in [9.17, 15) is 28.9 Å². The molecule has 1 amide bonds. The maximum absolute atomic E-state index is 14.4. The van der Waals surface area contributed by atoms with Crippen LogP contribution in [0.1, 0.15) is 36.7 Å². The van der Waals surface area contributed by atoms with Crippen LogP contribution in [-0.4, -0.2) is 40.9 Å². The summed E-state index contributed by atoms with van der Waals surface area (Å²) in [6.45, 7) is 4.82. The molecule has 1 rings (SSSR count). The lowest BCUT2D eigenvalue weighted by atomic mass is 10.0. The number of benzene rings is 1. The number of nitrogens with zero attached hydrogens (tertiary/aromatic N) is 1. The molecule has 1 unspecified atom stereocenters. The van der Waals surface area contributed by atoms with Gasteiger partial charge in [0.1, 0.15) is 17.2 Å². The summed E-state index contributed by atoms with van der Waals surface area (Å²) in [5, 5.41) is 12.7. The third-order valence-corrected chi connectivity index (χ3v) is 3.51. The lowest BCUT2D eigenvalue weighted by molar-refractivity contribution is -0.388. The lowest BCUT2D eigenvalue weighted by Gasteiger charge is -2.22.